The highest BCUT2D eigenvalue weighted by Gasteiger charge is 2.38. The zero-order valence-corrected chi connectivity index (χ0v) is 18.2. The molecule has 0 radical (unpaired) electrons. The van der Waals surface area contributed by atoms with Crippen LogP contribution in [0.15, 0.2) is 0 Å². The molecule has 0 aliphatic heterocycles. The Morgan fingerprint density at radius 2 is 1.78 bits per heavy atom. The van der Waals surface area contributed by atoms with Crippen LogP contribution in [0.2, 0.25) is 18.1 Å². The minimum atomic E-state index is -1.83. The molecule has 1 unspecified atom stereocenters. The van der Waals surface area contributed by atoms with Gasteiger partial charge in [-0.1, -0.05) is 39.5 Å². The summed E-state index contributed by atoms with van der Waals surface area (Å²) in [6, 6.07) is -0.169. The van der Waals surface area contributed by atoms with Crippen LogP contribution in [0.3, 0.4) is 0 Å². The van der Waals surface area contributed by atoms with Gasteiger partial charge in [0.25, 0.3) is 0 Å². The lowest BCUT2D eigenvalue weighted by molar-refractivity contribution is 0.274. The maximum Gasteiger partial charge on any atom is 0.192 e. The molecule has 23 heavy (non-hydrogen) atoms. The van der Waals surface area contributed by atoms with Crippen LogP contribution in [0.1, 0.15) is 54.9 Å². The molecule has 0 aromatic carbocycles. The van der Waals surface area contributed by atoms with E-state index in [4.69, 9.17) is 4.43 Å². The smallest absolute Gasteiger partial charge is 0.192 e. The normalized spacial score (nSPS) is 24.6. The highest BCUT2D eigenvalue weighted by molar-refractivity contribution is 7.90. The second-order valence-electron chi connectivity index (χ2n) is 9.23. The molecule has 0 saturated heterocycles. The summed E-state index contributed by atoms with van der Waals surface area (Å²) in [7, 11) is -1.83. The molecule has 1 N–H and O–H groups in total. The molecule has 1 saturated carbocycles. The van der Waals surface area contributed by atoms with Crippen LogP contribution in [0, 0.1) is 23.7 Å². The van der Waals surface area contributed by atoms with Crippen molar-refractivity contribution in [1.82, 2.24) is 4.72 Å². The summed E-state index contributed by atoms with van der Waals surface area (Å²) in [6.07, 6.45) is 1.19. The first-order valence-electron chi connectivity index (χ1n) is 8.57. The zero-order valence-electron chi connectivity index (χ0n) is 16.4. The second-order valence-corrected chi connectivity index (χ2v) is 16.0. The van der Waals surface area contributed by atoms with Crippen LogP contribution in [-0.2, 0) is 15.8 Å². The summed E-state index contributed by atoms with van der Waals surface area (Å²) in [5.74, 6) is 7.82. The van der Waals surface area contributed by atoms with Crippen LogP contribution in [0.4, 0.5) is 0 Å². The van der Waals surface area contributed by atoms with E-state index in [-0.39, 0.29) is 15.8 Å². The molecule has 5 heteroatoms. The molecule has 1 aliphatic rings. The maximum atomic E-state index is 12.4. The minimum Gasteiger partial charge on any atom is -0.598 e. The quantitative estimate of drug-likeness (QED) is 0.458. The molecule has 1 fully saturated rings. The molecule has 4 atom stereocenters. The number of nitrogens with one attached hydrogen (secondary N) is 1. The molecule has 1 rings (SSSR count). The Labute approximate surface area is 147 Å². The molecule has 0 bridgehead atoms. The fraction of sp³-hybridized carbons (Fsp3) is 0.889. The van der Waals surface area contributed by atoms with Crippen molar-refractivity contribution in [2.24, 2.45) is 11.8 Å². The summed E-state index contributed by atoms with van der Waals surface area (Å²) in [4.78, 5) is 0. The van der Waals surface area contributed by atoms with E-state index in [1.165, 1.54) is 6.42 Å². The van der Waals surface area contributed by atoms with E-state index in [9.17, 15) is 4.55 Å². The first kappa shape index (κ1) is 21.1. The third kappa shape index (κ3) is 6.79. The largest absolute Gasteiger partial charge is 0.598 e. The number of rotatable bonds is 5. The van der Waals surface area contributed by atoms with Gasteiger partial charge >= 0.3 is 0 Å². The standard InChI is InChI=1S/C18H35NO2SSi/c1-14-12-15(14)10-11-16(19-22(20)17(2,3)4)13-21-23(8,9)18(5,6)7/h14-16,19H,12-13H2,1-9H3/t14-,15?,16-,22-/m0/s1. The third-order valence-corrected chi connectivity index (χ3v) is 10.9. The van der Waals surface area contributed by atoms with Crippen molar-refractivity contribution in [3.8, 4) is 11.8 Å². The number of hydrogen-bond acceptors (Lipinski definition) is 3. The van der Waals surface area contributed by atoms with Crippen molar-refractivity contribution < 1.29 is 8.98 Å². The third-order valence-electron chi connectivity index (χ3n) is 4.77. The molecule has 1 aliphatic carbocycles. The Kier molecular flexibility index (Phi) is 6.86. The van der Waals surface area contributed by atoms with Crippen LogP contribution in [0.25, 0.3) is 0 Å². The van der Waals surface area contributed by atoms with E-state index < -0.39 is 19.7 Å². The van der Waals surface area contributed by atoms with E-state index in [0.29, 0.717) is 18.4 Å². The summed E-state index contributed by atoms with van der Waals surface area (Å²) >= 11 is -1.14. The van der Waals surface area contributed by atoms with Crippen molar-refractivity contribution in [2.45, 2.75) is 83.8 Å². The van der Waals surface area contributed by atoms with E-state index in [0.717, 1.165) is 0 Å². The first-order valence-corrected chi connectivity index (χ1v) is 12.6. The Bertz CT molecular complexity index is 456. The Morgan fingerprint density at radius 1 is 1.26 bits per heavy atom. The van der Waals surface area contributed by atoms with Gasteiger partial charge in [0.05, 0.1) is 6.61 Å². The van der Waals surface area contributed by atoms with Gasteiger partial charge in [0.15, 0.2) is 8.32 Å². The van der Waals surface area contributed by atoms with Crippen LogP contribution < -0.4 is 4.72 Å². The van der Waals surface area contributed by atoms with Gasteiger partial charge in [0, 0.05) is 17.3 Å². The molecule has 134 valence electrons. The lowest BCUT2D eigenvalue weighted by atomic mass is 10.2. The fourth-order valence-corrected chi connectivity index (χ4v) is 3.41. The first-order chi connectivity index (χ1) is 10.2. The van der Waals surface area contributed by atoms with Crippen molar-refractivity contribution >= 4 is 19.7 Å². The van der Waals surface area contributed by atoms with Crippen molar-refractivity contribution in [3.63, 3.8) is 0 Å². The van der Waals surface area contributed by atoms with E-state index in [1.807, 2.05) is 20.8 Å². The molecular formula is C18H35NO2SSi. The van der Waals surface area contributed by atoms with Crippen molar-refractivity contribution in [2.75, 3.05) is 6.61 Å². The Morgan fingerprint density at radius 3 is 2.17 bits per heavy atom. The minimum absolute atomic E-state index is 0.166. The fourth-order valence-electron chi connectivity index (χ4n) is 1.65. The zero-order chi connectivity index (χ0) is 18.1. The molecule has 3 nitrogen and oxygen atoms in total. The van der Waals surface area contributed by atoms with Crippen LogP contribution in [-0.4, -0.2) is 30.3 Å². The van der Waals surface area contributed by atoms with Gasteiger partial charge in [-0.3, -0.25) is 0 Å². The van der Waals surface area contributed by atoms with Crippen molar-refractivity contribution in [1.29, 1.82) is 0 Å². The highest BCUT2D eigenvalue weighted by Crippen LogP contribution is 2.37. The number of hydrogen-bond donors (Lipinski definition) is 1. The highest BCUT2D eigenvalue weighted by atomic mass is 32.2. The second kappa shape index (κ2) is 7.49. The molecular weight excluding hydrogens is 322 g/mol. The molecule has 0 amide bonds. The van der Waals surface area contributed by atoms with E-state index in [2.05, 4.69) is 57.4 Å². The Balaban J connectivity index is 2.73. The topological polar surface area (TPSA) is 44.3 Å². The van der Waals surface area contributed by atoms with Gasteiger partial charge in [0.1, 0.15) is 10.8 Å². The Hall–Kier alpha value is 0.00688. The summed E-state index contributed by atoms with van der Waals surface area (Å²) in [5, 5.41) is 0.166. The van der Waals surface area contributed by atoms with Crippen LogP contribution in [0.5, 0.6) is 0 Å². The van der Waals surface area contributed by atoms with Gasteiger partial charge in [-0.15, -0.1) is 4.72 Å². The summed E-state index contributed by atoms with van der Waals surface area (Å²) in [5.41, 5.74) is 0. The van der Waals surface area contributed by atoms with E-state index >= 15 is 0 Å². The average Bonchev–Trinajstić information content (AvgIpc) is 3.06. The molecule has 0 aromatic rings. The average molecular weight is 358 g/mol. The van der Waals surface area contributed by atoms with Crippen LogP contribution >= 0.6 is 0 Å². The predicted molar refractivity (Wildman–Crippen MR) is 103 cm³/mol. The van der Waals surface area contributed by atoms with Gasteiger partial charge < -0.3 is 8.98 Å². The lowest BCUT2D eigenvalue weighted by Crippen LogP contribution is -2.49. The molecule has 0 spiro atoms. The van der Waals surface area contributed by atoms with Crippen molar-refractivity contribution in [3.05, 3.63) is 0 Å². The van der Waals surface area contributed by atoms with Gasteiger partial charge in [-0.25, -0.2) is 0 Å². The van der Waals surface area contributed by atoms with Gasteiger partial charge in [0.2, 0.25) is 0 Å². The monoisotopic (exact) mass is 357 g/mol. The van der Waals surface area contributed by atoms with Gasteiger partial charge in [-0.2, -0.15) is 0 Å². The molecule has 0 heterocycles. The lowest BCUT2D eigenvalue weighted by Gasteiger charge is -2.37. The van der Waals surface area contributed by atoms with E-state index in [1.54, 1.807) is 0 Å². The SMILES string of the molecule is C[C@H]1CC1C#C[C@@H](CO[Si](C)(C)C(C)(C)C)N[S@@+]([O-])C(C)(C)C. The predicted octanol–water partition coefficient (Wildman–Crippen LogP) is 4.09. The summed E-state index contributed by atoms with van der Waals surface area (Å²) in [6.45, 7) is 19.8. The van der Waals surface area contributed by atoms with Gasteiger partial charge in [-0.05, 0) is 51.2 Å². The summed E-state index contributed by atoms with van der Waals surface area (Å²) < 4.78 is 21.6. The maximum absolute atomic E-state index is 12.4. The molecule has 0 aromatic heterocycles.